The van der Waals surface area contributed by atoms with E-state index < -0.39 is 5.97 Å². The molecular weight excluding hydrogens is 256 g/mol. The number of nitrogens with two attached hydrogens (primary N) is 1. The molecule has 112 valence electrons. The number of nitrogens with zero attached hydrogens (tertiary/aromatic N) is 1. The Balaban J connectivity index is 2.53. The average molecular weight is 280 g/mol. The number of hydrogen-bond acceptors (Lipinski definition) is 4. The summed E-state index contributed by atoms with van der Waals surface area (Å²) in [6.07, 6.45) is 1.01. The van der Waals surface area contributed by atoms with Crippen LogP contribution in [0.5, 0.6) is 0 Å². The monoisotopic (exact) mass is 280 g/mol. The summed E-state index contributed by atoms with van der Waals surface area (Å²) in [6, 6.07) is 7.27. The third kappa shape index (κ3) is 5.93. The largest absolute Gasteiger partial charge is 0.480 e. The van der Waals surface area contributed by atoms with Gasteiger partial charge in [0.1, 0.15) is 6.54 Å². The van der Waals surface area contributed by atoms with Gasteiger partial charge in [-0.2, -0.15) is 0 Å². The Morgan fingerprint density at radius 3 is 2.65 bits per heavy atom. The lowest BCUT2D eigenvalue weighted by Gasteiger charge is -2.24. The van der Waals surface area contributed by atoms with Crippen molar-refractivity contribution in [3.05, 3.63) is 24.3 Å². The second-order valence-electron chi connectivity index (χ2n) is 5.17. The predicted octanol–water partition coefficient (Wildman–Crippen LogP) is 2.22. The first-order valence-electron chi connectivity index (χ1n) is 6.89. The molecule has 0 spiro atoms. The van der Waals surface area contributed by atoms with Crippen LogP contribution in [0.25, 0.3) is 0 Å². The van der Waals surface area contributed by atoms with E-state index in [1.165, 1.54) is 0 Å². The van der Waals surface area contributed by atoms with Crippen LogP contribution in [0.2, 0.25) is 0 Å². The van der Waals surface area contributed by atoms with Crippen LogP contribution in [0.15, 0.2) is 24.3 Å². The van der Waals surface area contributed by atoms with E-state index in [4.69, 9.17) is 15.6 Å². The minimum Gasteiger partial charge on any atom is -0.480 e. The number of carbonyl (C=O) groups is 1. The van der Waals surface area contributed by atoms with E-state index in [-0.39, 0.29) is 6.54 Å². The van der Waals surface area contributed by atoms with E-state index >= 15 is 0 Å². The highest BCUT2D eigenvalue weighted by Crippen LogP contribution is 2.21. The highest BCUT2D eigenvalue weighted by Gasteiger charge is 2.12. The van der Waals surface area contributed by atoms with Crippen LogP contribution in [0.4, 0.5) is 11.4 Å². The van der Waals surface area contributed by atoms with Gasteiger partial charge in [0, 0.05) is 13.2 Å². The van der Waals surface area contributed by atoms with Gasteiger partial charge >= 0.3 is 5.97 Å². The molecule has 0 aromatic heterocycles. The molecule has 5 nitrogen and oxygen atoms in total. The lowest BCUT2D eigenvalue weighted by atomic mass is 10.1. The number of benzene rings is 1. The molecule has 0 radical (unpaired) electrons. The third-order valence-electron chi connectivity index (χ3n) is 2.95. The summed E-state index contributed by atoms with van der Waals surface area (Å²) in [4.78, 5) is 12.7. The number of ether oxygens (including phenoxy) is 1. The molecule has 20 heavy (non-hydrogen) atoms. The molecular formula is C15H24N2O3. The first kappa shape index (κ1) is 16.3. The maximum atomic E-state index is 10.9. The SMILES string of the molecule is CC(C)CCOCCN(CC(=O)O)c1ccccc1N. The minimum atomic E-state index is -0.879. The summed E-state index contributed by atoms with van der Waals surface area (Å²) in [5.74, 6) is -0.273. The number of carboxylic acid groups (broad SMARTS) is 1. The molecule has 0 saturated carbocycles. The fraction of sp³-hybridized carbons (Fsp3) is 0.533. The summed E-state index contributed by atoms with van der Waals surface area (Å²) in [5, 5.41) is 8.99. The van der Waals surface area contributed by atoms with Crippen LogP contribution in [-0.4, -0.2) is 37.4 Å². The molecule has 0 aliphatic carbocycles. The van der Waals surface area contributed by atoms with Crippen LogP contribution in [0.1, 0.15) is 20.3 Å². The second kappa shape index (κ2) is 8.43. The van der Waals surface area contributed by atoms with Crippen molar-refractivity contribution < 1.29 is 14.6 Å². The second-order valence-corrected chi connectivity index (χ2v) is 5.17. The van der Waals surface area contributed by atoms with E-state index in [1.54, 1.807) is 11.0 Å². The summed E-state index contributed by atoms with van der Waals surface area (Å²) in [7, 11) is 0. The van der Waals surface area contributed by atoms with E-state index in [2.05, 4.69) is 13.8 Å². The van der Waals surface area contributed by atoms with E-state index in [0.29, 0.717) is 31.4 Å². The maximum Gasteiger partial charge on any atom is 0.323 e. The highest BCUT2D eigenvalue weighted by atomic mass is 16.5. The summed E-state index contributed by atoms with van der Waals surface area (Å²) < 4.78 is 5.54. The molecule has 1 aromatic rings. The highest BCUT2D eigenvalue weighted by molar-refractivity contribution is 5.77. The van der Waals surface area contributed by atoms with E-state index in [1.807, 2.05) is 18.2 Å². The lowest BCUT2D eigenvalue weighted by molar-refractivity contribution is -0.135. The molecule has 1 aromatic carbocycles. The predicted molar refractivity (Wildman–Crippen MR) is 81.0 cm³/mol. The average Bonchev–Trinajstić information content (AvgIpc) is 2.37. The molecule has 0 aliphatic rings. The van der Waals surface area contributed by atoms with Crippen molar-refractivity contribution in [1.29, 1.82) is 0 Å². The van der Waals surface area contributed by atoms with Gasteiger partial charge in [0.05, 0.1) is 18.0 Å². The zero-order valence-corrected chi connectivity index (χ0v) is 12.2. The van der Waals surface area contributed by atoms with Gasteiger partial charge in [-0.3, -0.25) is 4.79 Å². The number of hydrogen-bond donors (Lipinski definition) is 2. The smallest absolute Gasteiger partial charge is 0.323 e. The molecule has 5 heteroatoms. The van der Waals surface area contributed by atoms with Gasteiger partial charge in [0.2, 0.25) is 0 Å². The molecule has 0 bridgehead atoms. The van der Waals surface area contributed by atoms with Gasteiger partial charge < -0.3 is 20.5 Å². The van der Waals surface area contributed by atoms with E-state index in [0.717, 1.165) is 12.1 Å². The van der Waals surface area contributed by atoms with Crippen molar-refractivity contribution in [2.24, 2.45) is 5.92 Å². The molecule has 1 rings (SSSR count). The van der Waals surface area contributed by atoms with Gasteiger partial charge in [-0.05, 0) is 24.5 Å². The zero-order valence-electron chi connectivity index (χ0n) is 12.2. The number of anilines is 2. The van der Waals surface area contributed by atoms with Crippen LogP contribution < -0.4 is 10.6 Å². The van der Waals surface area contributed by atoms with Crippen molar-refractivity contribution >= 4 is 17.3 Å². The molecule has 0 aliphatic heterocycles. The zero-order chi connectivity index (χ0) is 15.0. The van der Waals surface area contributed by atoms with Crippen molar-refractivity contribution in [2.75, 3.05) is 36.9 Å². The quantitative estimate of drug-likeness (QED) is 0.536. The third-order valence-corrected chi connectivity index (χ3v) is 2.95. The van der Waals surface area contributed by atoms with Crippen LogP contribution >= 0.6 is 0 Å². The number of nitrogen functional groups attached to an aromatic ring is 1. The molecule has 0 saturated heterocycles. The molecule has 0 amide bonds. The van der Waals surface area contributed by atoms with Crippen molar-refractivity contribution in [2.45, 2.75) is 20.3 Å². The minimum absolute atomic E-state index is 0.0816. The first-order chi connectivity index (χ1) is 9.50. The molecule has 0 fully saturated rings. The van der Waals surface area contributed by atoms with Gasteiger partial charge in [0.15, 0.2) is 0 Å². The Kier molecular flexibility index (Phi) is 6.87. The Labute approximate surface area is 120 Å². The van der Waals surface area contributed by atoms with Gasteiger partial charge in [-0.1, -0.05) is 26.0 Å². The summed E-state index contributed by atoms with van der Waals surface area (Å²) in [6.45, 7) is 5.91. The summed E-state index contributed by atoms with van der Waals surface area (Å²) >= 11 is 0. The topological polar surface area (TPSA) is 75.8 Å². The van der Waals surface area contributed by atoms with E-state index in [9.17, 15) is 4.79 Å². The van der Waals surface area contributed by atoms with Crippen LogP contribution in [-0.2, 0) is 9.53 Å². The maximum absolute atomic E-state index is 10.9. The van der Waals surface area contributed by atoms with Gasteiger partial charge in [-0.15, -0.1) is 0 Å². The van der Waals surface area contributed by atoms with Crippen LogP contribution in [0, 0.1) is 5.92 Å². The molecule has 0 heterocycles. The Morgan fingerprint density at radius 2 is 2.05 bits per heavy atom. The van der Waals surface area contributed by atoms with Gasteiger partial charge in [-0.25, -0.2) is 0 Å². The number of para-hydroxylation sites is 2. The number of aliphatic carboxylic acids is 1. The number of rotatable bonds is 9. The van der Waals surface area contributed by atoms with Gasteiger partial charge in [0.25, 0.3) is 0 Å². The number of carboxylic acids is 1. The van der Waals surface area contributed by atoms with Crippen molar-refractivity contribution in [1.82, 2.24) is 0 Å². The first-order valence-corrected chi connectivity index (χ1v) is 6.89. The molecule has 0 unspecified atom stereocenters. The van der Waals surface area contributed by atoms with Crippen molar-refractivity contribution in [3.63, 3.8) is 0 Å². The Morgan fingerprint density at radius 1 is 1.35 bits per heavy atom. The van der Waals surface area contributed by atoms with Crippen molar-refractivity contribution in [3.8, 4) is 0 Å². The summed E-state index contributed by atoms with van der Waals surface area (Å²) in [5.41, 5.74) is 7.21. The normalized spacial score (nSPS) is 10.8. The molecule has 3 N–H and O–H groups in total. The standard InChI is InChI=1S/C15H24N2O3/c1-12(2)7-9-20-10-8-17(11-15(18)19)14-6-4-3-5-13(14)16/h3-6,12H,7-11,16H2,1-2H3,(H,18,19). The molecule has 0 atom stereocenters. The lowest BCUT2D eigenvalue weighted by Crippen LogP contribution is -2.33. The Hall–Kier alpha value is -1.75. The Bertz CT molecular complexity index is 421. The fourth-order valence-corrected chi connectivity index (χ4v) is 1.82. The fourth-order valence-electron chi connectivity index (χ4n) is 1.82. The van der Waals surface area contributed by atoms with Crippen LogP contribution in [0.3, 0.4) is 0 Å².